The first-order valence-corrected chi connectivity index (χ1v) is 24.6. The summed E-state index contributed by atoms with van der Waals surface area (Å²) in [6, 6.07) is 21.5. The summed E-state index contributed by atoms with van der Waals surface area (Å²) in [7, 11) is 5.03. The monoisotopic (exact) mass is 950 g/mol. The van der Waals surface area contributed by atoms with Crippen LogP contribution in [-0.2, 0) is 28.8 Å². The molecule has 9 rings (SSSR count). The number of rotatable bonds is 14. The normalized spacial score (nSPS) is 24.5. The van der Waals surface area contributed by atoms with Crippen LogP contribution in [0.4, 0.5) is 5.69 Å². The highest BCUT2D eigenvalue weighted by atomic mass is 35.5. The number of likely N-dealkylation sites (tertiary alicyclic amines) is 1. The lowest BCUT2D eigenvalue weighted by molar-refractivity contribution is -0.130. The smallest absolute Gasteiger partial charge is 0.293 e. The van der Waals surface area contributed by atoms with Gasteiger partial charge in [-0.1, -0.05) is 18.2 Å². The molecule has 68 heavy (non-hydrogen) atoms. The Morgan fingerprint density at radius 2 is 1.69 bits per heavy atom. The summed E-state index contributed by atoms with van der Waals surface area (Å²) in [5, 5.41) is 28.4. The number of piperazine rings is 1. The van der Waals surface area contributed by atoms with Crippen molar-refractivity contribution in [1.29, 1.82) is 0 Å². The number of fused-ring (bicyclic) bond motifs is 2. The molecule has 4 saturated heterocycles. The van der Waals surface area contributed by atoms with Gasteiger partial charge >= 0.3 is 0 Å². The Balaban J connectivity index is 0.751. The average Bonchev–Trinajstić information content (AvgIpc) is 3.83. The number of nitrogens with one attached hydrogen (secondary N) is 5. The van der Waals surface area contributed by atoms with Gasteiger partial charge in [-0.25, -0.2) is 0 Å². The van der Waals surface area contributed by atoms with E-state index in [4.69, 9.17) is 21.1 Å². The maximum atomic E-state index is 13.0. The van der Waals surface area contributed by atoms with E-state index in [0.29, 0.717) is 18.2 Å². The fourth-order valence-electron chi connectivity index (χ4n) is 10.4. The van der Waals surface area contributed by atoms with Crippen molar-refractivity contribution in [3.05, 3.63) is 100.0 Å². The van der Waals surface area contributed by atoms with Gasteiger partial charge in [0.2, 0.25) is 5.91 Å². The third kappa shape index (κ3) is 10.7. The van der Waals surface area contributed by atoms with E-state index >= 15 is 0 Å². The number of ether oxygens (including phenoxy) is 2. The molecule has 364 valence electrons. The van der Waals surface area contributed by atoms with E-state index in [0.717, 1.165) is 117 Å². The van der Waals surface area contributed by atoms with Crippen LogP contribution in [0, 0.1) is 11.8 Å². The largest absolute Gasteiger partial charge is 0.478 e. The lowest BCUT2D eigenvalue weighted by Crippen LogP contribution is -2.68. The van der Waals surface area contributed by atoms with Crippen molar-refractivity contribution in [3.63, 3.8) is 0 Å². The number of benzene rings is 3. The summed E-state index contributed by atoms with van der Waals surface area (Å²) in [5.41, 5.74) is 4.24. The third-order valence-electron chi connectivity index (χ3n) is 14.4. The number of pyridine rings is 1. The molecule has 1 aromatic heterocycles. The molecular formula is C51H67ClN10O6. The number of carbonyl (C=O) groups excluding carboxylic acids is 2. The van der Waals surface area contributed by atoms with Crippen molar-refractivity contribution < 1.29 is 24.2 Å². The zero-order chi connectivity index (χ0) is 47.7. The third-order valence-corrected chi connectivity index (χ3v) is 14.9. The van der Waals surface area contributed by atoms with E-state index in [1.54, 1.807) is 38.9 Å². The van der Waals surface area contributed by atoms with Crippen molar-refractivity contribution in [2.75, 3.05) is 84.9 Å². The van der Waals surface area contributed by atoms with E-state index in [1.165, 1.54) is 17.2 Å². The molecule has 0 radical (unpaired) electrons. The molecule has 5 aliphatic heterocycles. The zero-order valence-corrected chi connectivity index (χ0v) is 40.7. The number of aliphatic hydroxyl groups is 1. The number of piperidine rings is 1. The lowest BCUT2D eigenvalue weighted by Gasteiger charge is -2.45. The first kappa shape index (κ1) is 48.0. The number of hydrogen-bond donors (Lipinski definition) is 6. The molecule has 5 atom stereocenters. The van der Waals surface area contributed by atoms with Crippen LogP contribution in [0.3, 0.4) is 0 Å². The molecule has 5 aliphatic rings. The van der Waals surface area contributed by atoms with Gasteiger partial charge in [0.05, 0.1) is 28.7 Å². The van der Waals surface area contributed by atoms with Crippen LogP contribution < -0.4 is 41.6 Å². The topological polar surface area (TPSA) is 168 Å². The second-order valence-corrected chi connectivity index (χ2v) is 20.2. The van der Waals surface area contributed by atoms with Crippen LogP contribution in [0.15, 0.2) is 77.7 Å². The molecule has 3 aromatic carbocycles. The van der Waals surface area contributed by atoms with Crippen LogP contribution in [0.5, 0.6) is 17.2 Å². The van der Waals surface area contributed by atoms with Crippen molar-refractivity contribution in [1.82, 2.24) is 45.4 Å². The summed E-state index contributed by atoms with van der Waals surface area (Å²) in [6.45, 7) is 12.8. The van der Waals surface area contributed by atoms with E-state index in [9.17, 15) is 19.5 Å². The van der Waals surface area contributed by atoms with Crippen molar-refractivity contribution in [2.24, 2.45) is 18.9 Å². The predicted molar refractivity (Wildman–Crippen MR) is 266 cm³/mol. The summed E-state index contributed by atoms with van der Waals surface area (Å²) in [5.74, 6) is 2.05. The number of halogens is 1. The van der Waals surface area contributed by atoms with E-state index in [2.05, 4.69) is 59.5 Å². The van der Waals surface area contributed by atoms with Crippen LogP contribution in [0.25, 0.3) is 16.5 Å². The van der Waals surface area contributed by atoms with Gasteiger partial charge in [0.1, 0.15) is 17.8 Å². The first-order valence-electron chi connectivity index (χ1n) is 24.1. The van der Waals surface area contributed by atoms with Gasteiger partial charge < -0.3 is 44.9 Å². The number of carbonyl (C=O) groups is 2. The lowest BCUT2D eigenvalue weighted by atomic mass is 9.82. The Morgan fingerprint density at radius 3 is 2.46 bits per heavy atom. The Hall–Kier alpha value is -5.04. The van der Waals surface area contributed by atoms with Crippen molar-refractivity contribution in [3.8, 4) is 17.2 Å². The predicted octanol–water partition coefficient (Wildman–Crippen LogP) is 3.83. The zero-order valence-electron chi connectivity index (χ0n) is 39.9. The van der Waals surface area contributed by atoms with Gasteiger partial charge in [0, 0.05) is 109 Å². The van der Waals surface area contributed by atoms with Gasteiger partial charge in [0.15, 0.2) is 12.4 Å². The minimum Gasteiger partial charge on any atom is -0.478 e. The average molecular weight is 952 g/mol. The summed E-state index contributed by atoms with van der Waals surface area (Å²) < 4.78 is 13.8. The van der Waals surface area contributed by atoms with Gasteiger partial charge in [0.25, 0.3) is 11.5 Å². The second-order valence-electron chi connectivity index (χ2n) is 19.7. The van der Waals surface area contributed by atoms with Crippen LogP contribution in [0.2, 0.25) is 0 Å². The fourth-order valence-corrected chi connectivity index (χ4v) is 10.7. The Labute approximate surface area is 403 Å². The molecule has 0 saturated carbocycles. The minimum absolute atomic E-state index is 0.0105. The number of anilines is 1. The number of aromatic nitrogens is 1. The summed E-state index contributed by atoms with van der Waals surface area (Å²) >= 11 is 6.86. The molecule has 0 spiro atoms. The molecule has 17 heteroatoms. The molecule has 6 N–H and O–H groups in total. The summed E-state index contributed by atoms with van der Waals surface area (Å²) in [6.07, 6.45) is 4.87. The number of alkyl halides is 1. The number of hydrogen-bond acceptors (Lipinski definition) is 13. The van der Waals surface area contributed by atoms with E-state index in [1.807, 2.05) is 48.7 Å². The van der Waals surface area contributed by atoms with Gasteiger partial charge in [-0.15, -0.1) is 11.6 Å². The van der Waals surface area contributed by atoms with Crippen LogP contribution >= 0.6 is 11.6 Å². The highest BCUT2D eigenvalue weighted by Crippen LogP contribution is 2.42. The molecular weight excluding hydrogens is 884 g/mol. The van der Waals surface area contributed by atoms with Gasteiger partial charge in [-0.3, -0.25) is 34.8 Å². The molecule has 16 nitrogen and oxygen atoms in total. The Morgan fingerprint density at radius 1 is 0.912 bits per heavy atom. The molecule has 0 bridgehead atoms. The molecule has 5 unspecified atom stereocenters. The van der Waals surface area contributed by atoms with E-state index < -0.39 is 5.60 Å². The van der Waals surface area contributed by atoms with Crippen molar-refractivity contribution >= 4 is 45.6 Å². The summed E-state index contributed by atoms with van der Waals surface area (Å²) in [4.78, 5) is 47.0. The second kappa shape index (κ2) is 20.5. The molecule has 2 amide bonds. The highest BCUT2D eigenvalue weighted by molar-refractivity contribution is 6.21. The SMILES string of the molecule is CNC(=O)COc1cc2cc(NC3NC(N4CCC(CN5CCN(Cc6cccc(Oc7ccc(C(C)(C)O)cc7C7=CN(C)C(=O)C8NCCC78)c6)CC5)CC4)NCC3Cl)ccc2n(C)c1=O. The maximum Gasteiger partial charge on any atom is 0.293 e. The van der Waals surface area contributed by atoms with E-state index in [-0.39, 0.29) is 59.5 Å². The van der Waals surface area contributed by atoms with Gasteiger partial charge in [-0.2, -0.15) is 0 Å². The Bertz CT molecular complexity index is 2570. The number of likely N-dealkylation sites (N-methyl/N-ethyl adjacent to an activating group) is 2. The number of amides is 2. The standard InChI is InChI=1S/C51H67ClN10O6/c1-51(2,66)35-9-12-43(39(26-35)40-30-58(4)49(65)46-38(40)13-16-54-46)68-37-8-6-7-33(23-37)29-61-21-19-60(20-22-61)28-32-14-17-62(18-15-32)50-55-27-41(52)47(57-50)56-36-10-11-42-34(24-36)25-44(48(64)59(42)5)67-31-45(63)53-3/h6-12,23-26,30,32,38,41,46-47,50,54-57,66H,13-22,27-29,31H2,1-5H3,(H,53,63). The maximum absolute atomic E-state index is 13.0. The number of aryl methyl sites for hydroxylation is 1. The minimum atomic E-state index is -1.03. The van der Waals surface area contributed by atoms with Crippen molar-refractivity contribution in [2.45, 2.75) is 69.1 Å². The molecule has 0 aliphatic carbocycles. The quantitative estimate of drug-likeness (QED) is 0.101. The molecule has 6 heterocycles. The van der Waals surface area contributed by atoms with Crippen LogP contribution in [-0.4, -0.2) is 145 Å². The highest BCUT2D eigenvalue weighted by Gasteiger charge is 2.41. The fraction of sp³-hybridized carbons (Fsp3) is 0.510. The molecule has 4 aromatic rings. The Kier molecular flexibility index (Phi) is 14.5. The first-order chi connectivity index (χ1) is 32.7. The molecule has 4 fully saturated rings. The van der Waals surface area contributed by atoms with Gasteiger partial charge in [-0.05, 0) is 111 Å². The number of nitrogens with zero attached hydrogens (tertiary/aromatic N) is 5. The van der Waals surface area contributed by atoms with Crippen LogP contribution in [0.1, 0.15) is 49.8 Å².